The van der Waals surface area contributed by atoms with E-state index in [-0.39, 0.29) is 0 Å². The molecular weight excluding hydrogens is 236 g/mol. The van der Waals surface area contributed by atoms with E-state index in [1.165, 1.54) is 11.1 Å². The summed E-state index contributed by atoms with van der Waals surface area (Å²) in [5.41, 5.74) is 5.57. The van der Waals surface area contributed by atoms with E-state index in [1.807, 2.05) is 24.6 Å². The van der Waals surface area contributed by atoms with Crippen molar-refractivity contribution in [2.75, 3.05) is 0 Å². The van der Waals surface area contributed by atoms with Gasteiger partial charge in [-0.2, -0.15) is 5.10 Å². The van der Waals surface area contributed by atoms with Crippen molar-refractivity contribution in [2.45, 2.75) is 46.8 Å². The van der Waals surface area contributed by atoms with Crippen molar-refractivity contribution in [3.8, 4) is 0 Å². The third-order valence-electron chi connectivity index (χ3n) is 3.57. The Labute approximate surface area is 114 Å². The Hall–Kier alpha value is -1.61. The fourth-order valence-electron chi connectivity index (χ4n) is 2.35. The highest BCUT2D eigenvalue weighted by atomic mass is 16.3. The second-order valence-corrected chi connectivity index (χ2v) is 5.16. The van der Waals surface area contributed by atoms with Crippen LogP contribution in [-0.4, -0.2) is 14.9 Å². The van der Waals surface area contributed by atoms with Gasteiger partial charge >= 0.3 is 0 Å². The minimum atomic E-state index is -0.497. The first-order valence-electron chi connectivity index (χ1n) is 6.79. The summed E-state index contributed by atoms with van der Waals surface area (Å²) in [4.78, 5) is 0. The maximum absolute atomic E-state index is 10.4. The predicted octanol–water partition coefficient (Wildman–Crippen LogP) is 3.10. The SMILES string of the molecule is CCn1nc(C)cc1C(O)Cc1ccc(C)c(C)c1. The fourth-order valence-corrected chi connectivity index (χ4v) is 2.35. The van der Waals surface area contributed by atoms with E-state index in [2.05, 4.69) is 37.1 Å². The van der Waals surface area contributed by atoms with Crippen LogP contribution >= 0.6 is 0 Å². The minimum Gasteiger partial charge on any atom is -0.386 e. The molecule has 2 rings (SSSR count). The summed E-state index contributed by atoms with van der Waals surface area (Å²) in [6, 6.07) is 8.32. The summed E-state index contributed by atoms with van der Waals surface area (Å²) in [5, 5.41) is 14.8. The lowest BCUT2D eigenvalue weighted by atomic mass is 10.0. The highest BCUT2D eigenvalue weighted by molar-refractivity contribution is 5.30. The van der Waals surface area contributed by atoms with Gasteiger partial charge in [0.25, 0.3) is 0 Å². The average molecular weight is 258 g/mol. The summed E-state index contributed by atoms with van der Waals surface area (Å²) in [5.74, 6) is 0. The summed E-state index contributed by atoms with van der Waals surface area (Å²) < 4.78 is 1.88. The molecule has 1 aromatic carbocycles. The van der Waals surface area contributed by atoms with Gasteiger partial charge in [0.05, 0.1) is 17.5 Å². The van der Waals surface area contributed by atoms with E-state index < -0.39 is 6.10 Å². The summed E-state index contributed by atoms with van der Waals surface area (Å²) in [7, 11) is 0. The molecule has 3 heteroatoms. The van der Waals surface area contributed by atoms with E-state index in [0.29, 0.717) is 6.42 Å². The van der Waals surface area contributed by atoms with Gasteiger partial charge in [-0.25, -0.2) is 0 Å². The van der Waals surface area contributed by atoms with Crippen molar-refractivity contribution >= 4 is 0 Å². The standard InChI is InChI=1S/C16H22N2O/c1-5-18-15(9-13(4)17-18)16(19)10-14-7-6-11(2)12(3)8-14/h6-9,16,19H,5,10H2,1-4H3. The maximum Gasteiger partial charge on any atom is 0.0996 e. The molecule has 0 saturated heterocycles. The molecule has 0 aliphatic rings. The smallest absolute Gasteiger partial charge is 0.0996 e. The van der Waals surface area contributed by atoms with Crippen LogP contribution in [0.2, 0.25) is 0 Å². The molecule has 0 spiro atoms. The Balaban J connectivity index is 2.20. The molecule has 1 N–H and O–H groups in total. The number of nitrogens with zero attached hydrogens (tertiary/aromatic N) is 2. The van der Waals surface area contributed by atoms with E-state index >= 15 is 0 Å². The second-order valence-electron chi connectivity index (χ2n) is 5.16. The Kier molecular flexibility index (Phi) is 4.05. The zero-order valence-electron chi connectivity index (χ0n) is 12.1. The first-order chi connectivity index (χ1) is 9.01. The van der Waals surface area contributed by atoms with Gasteiger partial charge in [-0.15, -0.1) is 0 Å². The summed E-state index contributed by atoms with van der Waals surface area (Å²) >= 11 is 0. The molecule has 0 saturated carbocycles. The Morgan fingerprint density at radius 2 is 1.89 bits per heavy atom. The number of benzene rings is 1. The number of rotatable bonds is 4. The number of hydrogen-bond donors (Lipinski definition) is 1. The van der Waals surface area contributed by atoms with Gasteiger partial charge in [0, 0.05) is 13.0 Å². The molecule has 1 atom stereocenters. The molecule has 0 aliphatic carbocycles. The molecule has 0 radical (unpaired) electrons. The number of aromatic nitrogens is 2. The maximum atomic E-state index is 10.4. The highest BCUT2D eigenvalue weighted by Crippen LogP contribution is 2.21. The normalized spacial score (nSPS) is 12.7. The van der Waals surface area contributed by atoms with Crippen LogP contribution in [0.4, 0.5) is 0 Å². The Morgan fingerprint density at radius 3 is 2.53 bits per heavy atom. The van der Waals surface area contributed by atoms with E-state index in [4.69, 9.17) is 0 Å². The Bertz CT molecular complexity index is 572. The van der Waals surface area contributed by atoms with Crippen molar-refractivity contribution in [1.29, 1.82) is 0 Å². The van der Waals surface area contributed by atoms with Crippen LogP contribution in [-0.2, 0) is 13.0 Å². The molecule has 3 nitrogen and oxygen atoms in total. The van der Waals surface area contributed by atoms with E-state index in [0.717, 1.165) is 23.5 Å². The molecule has 1 heterocycles. The third kappa shape index (κ3) is 3.04. The molecule has 0 aliphatic heterocycles. The predicted molar refractivity (Wildman–Crippen MR) is 77.2 cm³/mol. The zero-order chi connectivity index (χ0) is 14.0. The number of hydrogen-bond acceptors (Lipinski definition) is 2. The van der Waals surface area contributed by atoms with Crippen molar-refractivity contribution in [1.82, 2.24) is 9.78 Å². The first-order valence-corrected chi connectivity index (χ1v) is 6.79. The molecule has 1 unspecified atom stereocenters. The van der Waals surface area contributed by atoms with E-state index in [1.54, 1.807) is 0 Å². The molecule has 0 amide bonds. The molecule has 0 fully saturated rings. The van der Waals surface area contributed by atoms with Crippen molar-refractivity contribution in [3.05, 3.63) is 52.3 Å². The highest BCUT2D eigenvalue weighted by Gasteiger charge is 2.15. The second kappa shape index (κ2) is 5.57. The largest absolute Gasteiger partial charge is 0.386 e. The molecular formula is C16H22N2O. The number of aryl methyl sites for hydroxylation is 4. The molecule has 102 valence electrons. The van der Waals surface area contributed by atoms with Crippen LogP contribution in [0.5, 0.6) is 0 Å². The first kappa shape index (κ1) is 13.8. The van der Waals surface area contributed by atoms with Gasteiger partial charge in [0.1, 0.15) is 0 Å². The van der Waals surface area contributed by atoms with Crippen LogP contribution in [0, 0.1) is 20.8 Å². The van der Waals surface area contributed by atoms with Gasteiger partial charge < -0.3 is 5.11 Å². The van der Waals surface area contributed by atoms with Crippen LogP contribution in [0.15, 0.2) is 24.3 Å². The van der Waals surface area contributed by atoms with Crippen LogP contribution in [0.25, 0.3) is 0 Å². The van der Waals surface area contributed by atoms with Crippen LogP contribution in [0.3, 0.4) is 0 Å². The summed E-state index contributed by atoms with van der Waals surface area (Å²) in [6.45, 7) is 8.99. The monoisotopic (exact) mass is 258 g/mol. The van der Waals surface area contributed by atoms with Crippen molar-refractivity contribution in [3.63, 3.8) is 0 Å². The minimum absolute atomic E-state index is 0.497. The van der Waals surface area contributed by atoms with Gasteiger partial charge in [0.2, 0.25) is 0 Å². The molecule has 0 bridgehead atoms. The van der Waals surface area contributed by atoms with E-state index in [9.17, 15) is 5.11 Å². The van der Waals surface area contributed by atoms with Crippen LogP contribution in [0.1, 0.15) is 41.1 Å². The van der Waals surface area contributed by atoms with Crippen molar-refractivity contribution in [2.24, 2.45) is 0 Å². The van der Waals surface area contributed by atoms with Gasteiger partial charge in [0.15, 0.2) is 0 Å². The zero-order valence-corrected chi connectivity index (χ0v) is 12.1. The number of aliphatic hydroxyl groups excluding tert-OH is 1. The number of aliphatic hydroxyl groups is 1. The third-order valence-corrected chi connectivity index (χ3v) is 3.57. The van der Waals surface area contributed by atoms with Gasteiger partial charge in [-0.1, -0.05) is 18.2 Å². The molecule has 19 heavy (non-hydrogen) atoms. The molecule has 1 aromatic heterocycles. The fraction of sp³-hybridized carbons (Fsp3) is 0.438. The van der Waals surface area contributed by atoms with Gasteiger partial charge in [-0.05, 0) is 50.5 Å². The lowest BCUT2D eigenvalue weighted by Gasteiger charge is -2.13. The summed E-state index contributed by atoms with van der Waals surface area (Å²) in [6.07, 6.45) is 0.134. The average Bonchev–Trinajstić information content (AvgIpc) is 2.75. The lowest BCUT2D eigenvalue weighted by Crippen LogP contribution is -2.10. The Morgan fingerprint density at radius 1 is 1.16 bits per heavy atom. The lowest BCUT2D eigenvalue weighted by molar-refractivity contribution is 0.167. The molecule has 2 aromatic rings. The van der Waals surface area contributed by atoms with Gasteiger partial charge in [-0.3, -0.25) is 4.68 Å². The quantitative estimate of drug-likeness (QED) is 0.915. The van der Waals surface area contributed by atoms with Crippen molar-refractivity contribution < 1.29 is 5.11 Å². The van der Waals surface area contributed by atoms with Crippen LogP contribution < -0.4 is 0 Å². The topological polar surface area (TPSA) is 38.0 Å².